The smallest absolute Gasteiger partial charge is 0.254 e. The van der Waals surface area contributed by atoms with Gasteiger partial charge < -0.3 is 5.32 Å². The number of benzene rings is 2. The number of halogens is 1. The van der Waals surface area contributed by atoms with Crippen LogP contribution in [-0.2, 0) is 0 Å². The number of amides is 1. The number of hydrogen-bond donors (Lipinski definition) is 1. The lowest BCUT2D eigenvalue weighted by molar-refractivity contribution is 0.0918. The molecule has 0 aliphatic carbocycles. The Morgan fingerprint density at radius 2 is 1.93 bits per heavy atom. The van der Waals surface area contributed by atoms with Gasteiger partial charge in [0, 0.05) is 17.1 Å². The molecule has 0 aliphatic rings. The van der Waals surface area contributed by atoms with Crippen molar-refractivity contribution in [3.05, 3.63) is 77.7 Å². The number of carbonyl (C=O) groups excluding carboxylic acids is 1. The number of carbonyl (C=O) groups is 1. The fourth-order valence-electron chi connectivity index (χ4n) is 3.25. The molecule has 3 rings (SSSR count). The summed E-state index contributed by atoms with van der Waals surface area (Å²) in [5.74, 6) is 6.06. The number of pyridine rings is 1. The van der Waals surface area contributed by atoms with Gasteiger partial charge in [-0.25, -0.2) is 4.39 Å². The number of rotatable bonds is 4. The maximum Gasteiger partial charge on any atom is 0.254 e. The van der Waals surface area contributed by atoms with Crippen molar-refractivity contribution < 1.29 is 9.18 Å². The van der Waals surface area contributed by atoms with Crippen LogP contribution in [-0.4, -0.2) is 16.4 Å². The van der Waals surface area contributed by atoms with Gasteiger partial charge in [0.2, 0.25) is 0 Å². The Morgan fingerprint density at radius 3 is 2.64 bits per heavy atom. The number of nitrogens with zero attached hydrogens (tertiary/aromatic N) is 1. The van der Waals surface area contributed by atoms with Crippen molar-refractivity contribution in [3.8, 4) is 11.8 Å². The lowest BCUT2D eigenvalue weighted by Gasteiger charge is -2.27. The van der Waals surface area contributed by atoms with Gasteiger partial charge >= 0.3 is 0 Å². The summed E-state index contributed by atoms with van der Waals surface area (Å²) in [5.41, 5.74) is 0.842. The number of aromatic nitrogens is 1. The number of nitrogens with one attached hydrogen (secondary N) is 1. The maximum absolute atomic E-state index is 13.8. The zero-order valence-electron chi connectivity index (χ0n) is 16.3. The number of fused-ring (bicyclic) bond motifs is 1. The van der Waals surface area contributed by atoms with Crippen LogP contribution in [0, 0.1) is 23.6 Å². The average Bonchev–Trinajstić information content (AvgIpc) is 2.66. The van der Waals surface area contributed by atoms with Gasteiger partial charge in [0.25, 0.3) is 5.91 Å². The zero-order chi connectivity index (χ0) is 20.1. The van der Waals surface area contributed by atoms with Crippen LogP contribution >= 0.6 is 0 Å². The Balaban J connectivity index is 1.88. The third kappa shape index (κ3) is 4.75. The van der Waals surface area contributed by atoms with E-state index >= 15 is 0 Å². The summed E-state index contributed by atoms with van der Waals surface area (Å²) in [4.78, 5) is 17.0. The van der Waals surface area contributed by atoms with Gasteiger partial charge in [-0.3, -0.25) is 9.78 Å². The minimum absolute atomic E-state index is 0.257. The molecule has 2 aromatic carbocycles. The summed E-state index contributed by atoms with van der Waals surface area (Å²) >= 11 is 0. The van der Waals surface area contributed by atoms with E-state index < -0.39 is 11.4 Å². The highest BCUT2D eigenvalue weighted by atomic mass is 19.1. The summed E-state index contributed by atoms with van der Waals surface area (Å²) in [6.45, 7) is 6.11. The molecular weight excluding hydrogens is 351 g/mol. The van der Waals surface area contributed by atoms with Crippen LogP contribution in [0.5, 0.6) is 0 Å². The lowest BCUT2D eigenvalue weighted by atomic mass is 9.90. The summed E-state index contributed by atoms with van der Waals surface area (Å²) in [7, 11) is 0. The largest absolute Gasteiger partial charge is 0.336 e. The van der Waals surface area contributed by atoms with Crippen LogP contribution in [0.1, 0.15) is 43.1 Å². The van der Waals surface area contributed by atoms with Crippen molar-refractivity contribution in [1.82, 2.24) is 10.3 Å². The van der Waals surface area contributed by atoms with E-state index in [-0.39, 0.29) is 11.4 Å². The molecule has 0 saturated carbocycles. The Kier molecular flexibility index (Phi) is 5.75. The normalized spacial score (nSPS) is 12.9. The molecule has 28 heavy (non-hydrogen) atoms. The van der Waals surface area contributed by atoms with Crippen LogP contribution in [0.25, 0.3) is 10.9 Å². The lowest BCUT2D eigenvalue weighted by Crippen LogP contribution is -2.46. The molecule has 3 aromatic rings. The minimum Gasteiger partial charge on any atom is -0.336 e. The van der Waals surface area contributed by atoms with Gasteiger partial charge in [-0.2, -0.15) is 0 Å². The second kappa shape index (κ2) is 8.22. The number of hydrogen-bond acceptors (Lipinski definition) is 2. The first kappa shape index (κ1) is 19.6. The predicted octanol–water partition coefficient (Wildman–Crippen LogP) is 4.96. The highest BCUT2D eigenvalue weighted by molar-refractivity contribution is 5.97. The van der Waals surface area contributed by atoms with Crippen molar-refractivity contribution in [2.24, 2.45) is 5.92 Å². The third-order valence-corrected chi connectivity index (χ3v) is 4.39. The van der Waals surface area contributed by atoms with E-state index in [1.807, 2.05) is 37.3 Å². The van der Waals surface area contributed by atoms with E-state index in [1.165, 1.54) is 12.3 Å². The minimum atomic E-state index is -0.696. The Bertz CT molecular complexity index is 1050. The Labute approximate surface area is 165 Å². The van der Waals surface area contributed by atoms with Crippen LogP contribution in [0.15, 0.2) is 60.8 Å². The summed E-state index contributed by atoms with van der Waals surface area (Å²) in [5, 5.41) is 3.64. The van der Waals surface area contributed by atoms with Gasteiger partial charge in [-0.1, -0.05) is 56.0 Å². The van der Waals surface area contributed by atoms with Crippen LogP contribution in [0.3, 0.4) is 0 Å². The van der Waals surface area contributed by atoms with E-state index in [0.29, 0.717) is 23.3 Å². The molecule has 1 heterocycles. The summed E-state index contributed by atoms with van der Waals surface area (Å²) in [6.07, 6.45) is 2.11. The number of para-hydroxylation sites is 1. The van der Waals surface area contributed by atoms with Crippen LogP contribution in [0.2, 0.25) is 0 Å². The highest BCUT2D eigenvalue weighted by Gasteiger charge is 2.26. The zero-order valence-corrected chi connectivity index (χ0v) is 16.3. The molecule has 0 bridgehead atoms. The van der Waals surface area contributed by atoms with E-state index in [0.717, 1.165) is 5.56 Å². The Morgan fingerprint density at radius 1 is 1.18 bits per heavy atom. The molecule has 0 unspecified atom stereocenters. The van der Waals surface area contributed by atoms with Gasteiger partial charge in [-0.15, -0.1) is 0 Å². The highest BCUT2D eigenvalue weighted by Crippen LogP contribution is 2.19. The molecule has 0 aliphatic heterocycles. The Hall–Kier alpha value is -3.19. The molecule has 4 heteroatoms. The molecule has 0 spiro atoms. The van der Waals surface area contributed by atoms with Crippen molar-refractivity contribution in [3.63, 3.8) is 0 Å². The molecule has 0 radical (unpaired) electrons. The van der Waals surface area contributed by atoms with Crippen LogP contribution in [0.4, 0.5) is 4.39 Å². The topological polar surface area (TPSA) is 42.0 Å². The molecule has 1 amide bonds. The van der Waals surface area contributed by atoms with Gasteiger partial charge in [-0.05, 0) is 43.5 Å². The maximum atomic E-state index is 13.8. The quantitative estimate of drug-likeness (QED) is 0.656. The van der Waals surface area contributed by atoms with E-state index in [1.54, 1.807) is 18.2 Å². The fraction of sp³-hybridized carbons (Fsp3) is 0.250. The molecular formula is C24H23FN2O. The molecule has 1 aromatic heterocycles. The molecule has 1 atom stereocenters. The predicted molar refractivity (Wildman–Crippen MR) is 110 cm³/mol. The van der Waals surface area contributed by atoms with Crippen LogP contribution < -0.4 is 5.32 Å². The molecule has 0 saturated heterocycles. The summed E-state index contributed by atoms with van der Waals surface area (Å²) in [6, 6.07) is 16.0. The standard InChI is InChI=1S/C24H23FN2O/c1-17(2)15-24(3,13-12-18-8-5-4-6-9-18)27-23(28)20-14-19-10-7-11-21(25)22(19)26-16-20/h4-11,14,16-17H,15H2,1-3H3,(H,27,28)/t24-/m1/s1. The first-order chi connectivity index (χ1) is 13.4. The van der Waals surface area contributed by atoms with Crippen molar-refractivity contribution in [1.29, 1.82) is 0 Å². The van der Waals surface area contributed by atoms with Crippen molar-refractivity contribution in [2.75, 3.05) is 0 Å². The second-order valence-electron chi connectivity index (χ2n) is 7.54. The van der Waals surface area contributed by atoms with Crippen molar-refractivity contribution >= 4 is 16.8 Å². The second-order valence-corrected chi connectivity index (χ2v) is 7.54. The fourth-order valence-corrected chi connectivity index (χ4v) is 3.25. The molecule has 142 valence electrons. The summed E-state index contributed by atoms with van der Waals surface area (Å²) < 4.78 is 13.8. The first-order valence-corrected chi connectivity index (χ1v) is 9.31. The SMILES string of the molecule is CC(C)C[C@@](C)(C#Cc1ccccc1)NC(=O)c1cnc2c(F)cccc2c1. The van der Waals surface area contributed by atoms with Crippen molar-refractivity contribution in [2.45, 2.75) is 32.7 Å². The van der Waals surface area contributed by atoms with E-state index in [4.69, 9.17) is 0 Å². The van der Waals surface area contributed by atoms with Gasteiger partial charge in [0.1, 0.15) is 11.3 Å². The average molecular weight is 374 g/mol. The monoisotopic (exact) mass is 374 g/mol. The van der Waals surface area contributed by atoms with E-state index in [2.05, 4.69) is 36.0 Å². The molecule has 1 N–H and O–H groups in total. The third-order valence-electron chi connectivity index (χ3n) is 4.39. The van der Waals surface area contributed by atoms with E-state index in [9.17, 15) is 9.18 Å². The van der Waals surface area contributed by atoms with Gasteiger partial charge in [0.15, 0.2) is 0 Å². The first-order valence-electron chi connectivity index (χ1n) is 9.31. The van der Waals surface area contributed by atoms with Gasteiger partial charge in [0.05, 0.1) is 11.1 Å². The molecule has 3 nitrogen and oxygen atoms in total. The molecule has 0 fully saturated rings.